The lowest BCUT2D eigenvalue weighted by Gasteiger charge is -2.03. The third-order valence-electron chi connectivity index (χ3n) is 5.05. The summed E-state index contributed by atoms with van der Waals surface area (Å²) in [5, 5.41) is 0. The second-order valence-electron chi connectivity index (χ2n) is 8.50. The summed E-state index contributed by atoms with van der Waals surface area (Å²) < 4.78 is 0. The van der Waals surface area contributed by atoms with Crippen LogP contribution in [0.5, 0.6) is 0 Å². The van der Waals surface area contributed by atoms with Crippen molar-refractivity contribution in [3.05, 3.63) is 70.9 Å². The molecule has 0 aliphatic carbocycles. The van der Waals surface area contributed by atoms with E-state index in [-0.39, 0.29) is 0 Å². The Balaban J connectivity index is 4.02. The SMILES string of the molecule is C=CCC/C(C)=C/CC/C(C)=C/CC/C(C)=C/CC/C=C(\C)CCC=C(C)C. The van der Waals surface area contributed by atoms with E-state index >= 15 is 0 Å². The van der Waals surface area contributed by atoms with Crippen molar-refractivity contribution in [2.45, 2.75) is 106 Å². The fraction of sp³-hybridized carbons (Fsp3) is 0.571. The summed E-state index contributed by atoms with van der Waals surface area (Å²) in [6.07, 6.45) is 25.7. The Morgan fingerprint density at radius 1 is 0.464 bits per heavy atom. The average molecular weight is 383 g/mol. The number of rotatable bonds is 15. The first kappa shape index (κ1) is 26.4. The van der Waals surface area contributed by atoms with Gasteiger partial charge in [-0.2, -0.15) is 0 Å². The number of hydrogen-bond acceptors (Lipinski definition) is 0. The first-order valence-corrected chi connectivity index (χ1v) is 11.2. The Morgan fingerprint density at radius 2 is 0.786 bits per heavy atom. The van der Waals surface area contributed by atoms with Gasteiger partial charge in [0, 0.05) is 0 Å². The third kappa shape index (κ3) is 17.8. The highest BCUT2D eigenvalue weighted by Gasteiger charge is 1.94. The largest absolute Gasteiger partial charge is 0.103 e. The molecule has 158 valence electrons. The van der Waals surface area contributed by atoms with Crippen molar-refractivity contribution in [2.24, 2.45) is 0 Å². The number of hydrogen-bond donors (Lipinski definition) is 0. The summed E-state index contributed by atoms with van der Waals surface area (Å²) in [5.74, 6) is 0. The van der Waals surface area contributed by atoms with Crippen molar-refractivity contribution in [3.8, 4) is 0 Å². The molecule has 0 heteroatoms. The van der Waals surface area contributed by atoms with Gasteiger partial charge in [0.05, 0.1) is 0 Å². The van der Waals surface area contributed by atoms with E-state index in [2.05, 4.69) is 78.5 Å². The van der Waals surface area contributed by atoms with Crippen LogP contribution >= 0.6 is 0 Å². The van der Waals surface area contributed by atoms with Crippen LogP contribution in [0.15, 0.2) is 70.9 Å². The minimum Gasteiger partial charge on any atom is -0.103 e. The molecule has 0 radical (unpaired) electrons. The topological polar surface area (TPSA) is 0 Å². The zero-order chi connectivity index (χ0) is 21.2. The van der Waals surface area contributed by atoms with E-state index in [1.807, 2.05) is 6.08 Å². The van der Waals surface area contributed by atoms with E-state index in [0.717, 1.165) is 12.8 Å². The molecular weight excluding hydrogens is 336 g/mol. The molecule has 0 atom stereocenters. The van der Waals surface area contributed by atoms with E-state index in [1.165, 1.54) is 79.2 Å². The van der Waals surface area contributed by atoms with Gasteiger partial charge in [-0.1, -0.05) is 64.3 Å². The molecule has 0 bridgehead atoms. The Kier molecular flexibility index (Phi) is 16.6. The van der Waals surface area contributed by atoms with Gasteiger partial charge < -0.3 is 0 Å². The van der Waals surface area contributed by atoms with Crippen molar-refractivity contribution in [3.63, 3.8) is 0 Å². The molecule has 0 amide bonds. The Labute approximate surface area is 176 Å². The second kappa shape index (κ2) is 17.5. The molecule has 0 saturated carbocycles. The summed E-state index contributed by atoms with van der Waals surface area (Å²) in [6, 6.07) is 0. The maximum Gasteiger partial charge on any atom is -0.0288 e. The first-order valence-electron chi connectivity index (χ1n) is 11.2. The molecule has 0 spiro atoms. The number of allylic oxidation sites excluding steroid dienone is 11. The molecule has 0 aliphatic heterocycles. The fourth-order valence-corrected chi connectivity index (χ4v) is 3.08. The van der Waals surface area contributed by atoms with Crippen LogP contribution in [0.25, 0.3) is 0 Å². The van der Waals surface area contributed by atoms with E-state index in [9.17, 15) is 0 Å². The smallest absolute Gasteiger partial charge is 0.0288 e. The molecule has 0 aromatic rings. The maximum absolute atomic E-state index is 3.79. The molecule has 0 heterocycles. The Hall–Kier alpha value is -1.56. The zero-order valence-electron chi connectivity index (χ0n) is 19.7. The van der Waals surface area contributed by atoms with E-state index in [4.69, 9.17) is 0 Å². The number of unbranched alkanes of at least 4 members (excludes halogenated alkanes) is 1. The normalized spacial score (nSPS) is 13.6. The van der Waals surface area contributed by atoms with Gasteiger partial charge in [-0.05, 0) is 106 Å². The van der Waals surface area contributed by atoms with Crippen LogP contribution in [0.4, 0.5) is 0 Å². The van der Waals surface area contributed by atoms with Crippen LogP contribution < -0.4 is 0 Å². The van der Waals surface area contributed by atoms with E-state index < -0.39 is 0 Å². The quantitative estimate of drug-likeness (QED) is 0.195. The van der Waals surface area contributed by atoms with Gasteiger partial charge in [0.1, 0.15) is 0 Å². The molecule has 0 nitrogen and oxygen atoms in total. The molecule has 0 aliphatic rings. The van der Waals surface area contributed by atoms with Crippen molar-refractivity contribution < 1.29 is 0 Å². The summed E-state index contributed by atoms with van der Waals surface area (Å²) in [4.78, 5) is 0. The molecule has 0 aromatic heterocycles. The maximum atomic E-state index is 3.79. The van der Waals surface area contributed by atoms with Crippen LogP contribution in [0.3, 0.4) is 0 Å². The van der Waals surface area contributed by atoms with Gasteiger partial charge in [0.25, 0.3) is 0 Å². The van der Waals surface area contributed by atoms with Gasteiger partial charge >= 0.3 is 0 Å². The van der Waals surface area contributed by atoms with Crippen molar-refractivity contribution in [1.82, 2.24) is 0 Å². The molecule has 0 aromatic carbocycles. The lowest BCUT2D eigenvalue weighted by molar-refractivity contribution is 0.894. The molecule has 28 heavy (non-hydrogen) atoms. The predicted octanol–water partition coefficient (Wildman–Crippen LogP) is 9.82. The summed E-state index contributed by atoms with van der Waals surface area (Å²) >= 11 is 0. The van der Waals surface area contributed by atoms with Crippen molar-refractivity contribution in [1.29, 1.82) is 0 Å². The van der Waals surface area contributed by atoms with Crippen molar-refractivity contribution in [2.75, 3.05) is 0 Å². The molecule has 0 saturated heterocycles. The van der Waals surface area contributed by atoms with Gasteiger partial charge in [-0.15, -0.1) is 6.58 Å². The van der Waals surface area contributed by atoms with E-state index in [0.29, 0.717) is 0 Å². The van der Waals surface area contributed by atoms with Crippen LogP contribution in [-0.4, -0.2) is 0 Å². The standard InChI is InChI=1S/C28H46/c1-8-9-16-25(4)20-13-22-28(7)23-14-21-27(6)18-11-10-17-26(5)19-12-15-24(2)3/h8,15,17-18,20,23H,1,9-14,16,19,21-22H2,2-7H3/b25-20+,26-17+,27-18+,28-23+. The van der Waals surface area contributed by atoms with Gasteiger partial charge in [0.15, 0.2) is 0 Å². The minimum atomic E-state index is 1.09. The lowest BCUT2D eigenvalue weighted by atomic mass is 10.0. The first-order chi connectivity index (χ1) is 13.3. The molecule has 0 rings (SSSR count). The Morgan fingerprint density at radius 3 is 1.14 bits per heavy atom. The van der Waals surface area contributed by atoms with Gasteiger partial charge in [-0.25, -0.2) is 0 Å². The highest BCUT2D eigenvalue weighted by molar-refractivity contribution is 5.07. The summed E-state index contributed by atoms with van der Waals surface area (Å²) in [6.45, 7) is 17.2. The van der Waals surface area contributed by atoms with Crippen LogP contribution in [-0.2, 0) is 0 Å². The van der Waals surface area contributed by atoms with Crippen molar-refractivity contribution >= 4 is 0 Å². The minimum absolute atomic E-state index is 1.09. The summed E-state index contributed by atoms with van der Waals surface area (Å²) in [5.41, 5.74) is 7.49. The van der Waals surface area contributed by atoms with Gasteiger partial charge in [0.2, 0.25) is 0 Å². The Bertz CT molecular complexity index is 571. The van der Waals surface area contributed by atoms with Crippen LogP contribution in [0, 0.1) is 0 Å². The molecule has 0 fully saturated rings. The monoisotopic (exact) mass is 382 g/mol. The average Bonchev–Trinajstić information content (AvgIpc) is 2.63. The highest BCUT2D eigenvalue weighted by atomic mass is 14.0. The summed E-state index contributed by atoms with van der Waals surface area (Å²) in [7, 11) is 0. The predicted molar refractivity (Wildman–Crippen MR) is 131 cm³/mol. The molecule has 0 N–H and O–H groups in total. The highest BCUT2D eigenvalue weighted by Crippen LogP contribution is 2.14. The fourth-order valence-electron chi connectivity index (χ4n) is 3.08. The second-order valence-corrected chi connectivity index (χ2v) is 8.50. The van der Waals surface area contributed by atoms with Gasteiger partial charge in [-0.3, -0.25) is 0 Å². The third-order valence-corrected chi connectivity index (χ3v) is 5.05. The lowest BCUT2D eigenvalue weighted by Crippen LogP contribution is -1.82. The van der Waals surface area contributed by atoms with Crippen LogP contribution in [0.2, 0.25) is 0 Å². The molecule has 0 unspecified atom stereocenters. The van der Waals surface area contributed by atoms with E-state index in [1.54, 1.807) is 0 Å². The molecular formula is C28H46. The zero-order valence-corrected chi connectivity index (χ0v) is 19.7. The van der Waals surface area contributed by atoms with Crippen LogP contribution in [0.1, 0.15) is 106 Å².